The molecule has 5 rings (SSSR count). The fourth-order valence-corrected chi connectivity index (χ4v) is 6.17. The molecule has 0 amide bonds. The molecule has 0 unspecified atom stereocenters. The largest absolute Gasteiger partial charge is 0.408 e. The van der Waals surface area contributed by atoms with Crippen molar-refractivity contribution >= 4 is 30.1 Å². The molecule has 1 N–H and O–H groups in total. The van der Waals surface area contributed by atoms with Crippen LogP contribution < -0.4 is 5.09 Å². The first-order valence-electron chi connectivity index (χ1n) is 10.7. The molecule has 1 aromatic heterocycles. The first kappa shape index (κ1) is 18.3. The van der Waals surface area contributed by atoms with Gasteiger partial charge in [0.15, 0.2) is 0 Å². The summed E-state index contributed by atoms with van der Waals surface area (Å²) in [5.74, 6) is 0. The van der Waals surface area contributed by atoms with Gasteiger partial charge in [0, 0.05) is 16.3 Å². The fraction of sp³-hybridized carbons (Fsp3) is 0.500. The Bertz CT molecular complexity index is 1010. The molecular formula is C24H30NO2P. The molecular weight excluding hydrogens is 365 g/mol. The van der Waals surface area contributed by atoms with Crippen molar-refractivity contribution in [3.8, 4) is 0 Å². The minimum Gasteiger partial charge on any atom is -0.408 e. The van der Waals surface area contributed by atoms with Gasteiger partial charge in [-0.25, -0.2) is 5.09 Å². The predicted octanol–water partition coefficient (Wildman–Crippen LogP) is 7.39. The highest BCUT2D eigenvalue weighted by atomic mass is 31.1. The summed E-state index contributed by atoms with van der Waals surface area (Å²) in [7, 11) is -1.24. The number of benzene rings is 2. The summed E-state index contributed by atoms with van der Waals surface area (Å²) < 4.78 is 13.0. The summed E-state index contributed by atoms with van der Waals surface area (Å²) in [6.07, 6.45) is 9.78. The highest BCUT2D eigenvalue weighted by Crippen LogP contribution is 2.42. The van der Waals surface area contributed by atoms with E-state index in [9.17, 15) is 0 Å². The molecule has 0 bridgehead atoms. The molecule has 0 radical (unpaired) electrons. The van der Waals surface area contributed by atoms with Gasteiger partial charge in [0.2, 0.25) is 0 Å². The fourth-order valence-electron chi connectivity index (χ4n) is 4.83. The maximum atomic E-state index is 6.50. The number of fused-ring (bicyclic) bond motifs is 7. The minimum atomic E-state index is -1.24. The topological polar surface area (TPSA) is 38.3 Å². The van der Waals surface area contributed by atoms with E-state index in [1.54, 1.807) is 0 Å². The van der Waals surface area contributed by atoms with E-state index in [0.717, 1.165) is 24.0 Å². The summed E-state index contributed by atoms with van der Waals surface area (Å²) in [5.41, 5.74) is 7.94. The van der Waals surface area contributed by atoms with E-state index in [1.807, 2.05) is 0 Å². The Hall–Kier alpha value is -1.70. The van der Waals surface area contributed by atoms with Gasteiger partial charge in [-0.3, -0.25) is 0 Å². The number of hydrogen-bond acceptors (Lipinski definition) is 3. The lowest BCUT2D eigenvalue weighted by Gasteiger charge is -2.20. The molecule has 2 aliphatic rings. The second kappa shape index (κ2) is 6.97. The molecule has 2 aromatic carbocycles. The second-order valence-corrected chi connectivity index (χ2v) is 10.5. The van der Waals surface area contributed by atoms with Crippen molar-refractivity contribution in [2.75, 3.05) is 5.09 Å². The van der Waals surface area contributed by atoms with E-state index >= 15 is 0 Å². The van der Waals surface area contributed by atoms with Crippen LogP contribution in [-0.2, 0) is 25.7 Å². The summed E-state index contributed by atoms with van der Waals surface area (Å²) in [4.78, 5) is 0. The Morgan fingerprint density at radius 2 is 1.18 bits per heavy atom. The van der Waals surface area contributed by atoms with Crippen molar-refractivity contribution in [3.63, 3.8) is 0 Å². The zero-order valence-electron chi connectivity index (χ0n) is 17.2. The van der Waals surface area contributed by atoms with Crippen LogP contribution in [0.15, 0.2) is 32.7 Å². The van der Waals surface area contributed by atoms with Gasteiger partial charge in [-0.05, 0) is 107 Å². The van der Waals surface area contributed by atoms with Gasteiger partial charge >= 0.3 is 8.16 Å². The van der Waals surface area contributed by atoms with Crippen LogP contribution in [0.4, 0.5) is 0 Å². The number of aryl methyl sites for hydroxylation is 4. The molecule has 28 heavy (non-hydrogen) atoms. The molecule has 1 heterocycles. The van der Waals surface area contributed by atoms with Crippen molar-refractivity contribution in [1.82, 2.24) is 0 Å². The third-order valence-electron chi connectivity index (χ3n) is 6.03. The Morgan fingerprint density at radius 1 is 0.714 bits per heavy atom. The third-order valence-corrected chi connectivity index (χ3v) is 7.61. The summed E-state index contributed by atoms with van der Waals surface area (Å²) in [5, 5.41) is 6.21. The maximum Gasteiger partial charge on any atom is 0.307 e. The first-order chi connectivity index (χ1) is 13.5. The number of hydrogen-bond donors (Lipinski definition) is 1. The van der Waals surface area contributed by atoms with E-state index in [2.05, 4.69) is 50.1 Å². The quantitative estimate of drug-likeness (QED) is 0.467. The van der Waals surface area contributed by atoms with Crippen molar-refractivity contribution in [1.29, 1.82) is 0 Å². The van der Waals surface area contributed by atoms with Crippen LogP contribution in [-0.4, -0.2) is 5.54 Å². The molecule has 2 aliphatic carbocycles. The van der Waals surface area contributed by atoms with E-state index in [-0.39, 0.29) is 5.54 Å². The normalized spacial score (nSPS) is 16.8. The predicted molar refractivity (Wildman–Crippen MR) is 119 cm³/mol. The Morgan fingerprint density at radius 3 is 1.64 bits per heavy atom. The van der Waals surface area contributed by atoms with Crippen LogP contribution in [0.25, 0.3) is 21.9 Å². The van der Waals surface area contributed by atoms with E-state index < -0.39 is 8.16 Å². The van der Waals surface area contributed by atoms with Gasteiger partial charge in [-0.15, -0.1) is 0 Å². The van der Waals surface area contributed by atoms with Crippen molar-refractivity contribution in [2.45, 2.75) is 77.7 Å². The highest BCUT2D eigenvalue weighted by molar-refractivity contribution is 7.38. The van der Waals surface area contributed by atoms with E-state index in [0.29, 0.717) is 0 Å². The number of rotatable bonds is 1. The number of nitrogens with one attached hydrogen (secondary N) is 1. The molecule has 0 atom stereocenters. The van der Waals surface area contributed by atoms with Crippen LogP contribution in [0.5, 0.6) is 0 Å². The molecule has 3 aromatic rings. The Kier molecular flexibility index (Phi) is 4.56. The highest BCUT2D eigenvalue weighted by Gasteiger charge is 2.22. The standard InChI is InChI=1S/C24H30NO2P/c1-24(2,3)25-28-26-20-14-12-16-8-4-6-10-18(16)22(20)23-19-11-7-5-9-17(19)13-15-21(23)27-28/h12-15,25H,4-11H2,1-3H3. The summed E-state index contributed by atoms with van der Waals surface area (Å²) in [6.45, 7) is 6.48. The van der Waals surface area contributed by atoms with Crippen LogP contribution >= 0.6 is 8.16 Å². The Labute approximate surface area is 168 Å². The zero-order valence-corrected chi connectivity index (χ0v) is 18.1. The van der Waals surface area contributed by atoms with Crippen LogP contribution in [0.2, 0.25) is 0 Å². The molecule has 0 spiro atoms. The van der Waals surface area contributed by atoms with Crippen molar-refractivity contribution in [2.24, 2.45) is 0 Å². The van der Waals surface area contributed by atoms with E-state index in [1.165, 1.54) is 71.6 Å². The summed E-state index contributed by atoms with van der Waals surface area (Å²) >= 11 is 0. The lowest BCUT2D eigenvalue weighted by Crippen LogP contribution is -2.23. The second-order valence-electron chi connectivity index (χ2n) is 9.37. The van der Waals surface area contributed by atoms with Gasteiger partial charge < -0.3 is 8.39 Å². The molecule has 4 heteroatoms. The summed E-state index contributed by atoms with van der Waals surface area (Å²) in [6, 6.07) is 8.97. The first-order valence-corrected chi connectivity index (χ1v) is 11.9. The molecule has 0 aliphatic heterocycles. The third kappa shape index (κ3) is 3.29. The van der Waals surface area contributed by atoms with Gasteiger partial charge in [-0.1, -0.05) is 12.1 Å². The smallest absolute Gasteiger partial charge is 0.307 e. The zero-order chi connectivity index (χ0) is 19.3. The van der Waals surface area contributed by atoms with Crippen molar-refractivity contribution in [3.05, 3.63) is 46.5 Å². The lowest BCUT2D eigenvalue weighted by atomic mass is 9.84. The molecule has 0 saturated carbocycles. The maximum absolute atomic E-state index is 6.50. The average molecular weight is 395 g/mol. The van der Waals surface area contributed by atoms with Gasteiger partial charge in [0.25, 0.3) is 0 Å². The lowest BCUT2D eigenvalue weighted by molar-refractivity contribution is 0.598. The van der Waals surface area contributed by atoms with Gasteiger partial charge in [-0.2, -0.15) is 0 Å². The van der Waals surface area contributed by atoms with Crippen molar-refractivity contribution < 1.29 is 8.39 Å². The van der Waals surface area contributed by atoms with Crippen LogP contribution in [0.1, 0.15) is 68.7 Å². The molecule has 0 saturated heterocycles. The monoisotopic (exact) mass is 395 g/mol. The molecule has 148 valence electrons. The van der Waals surface area contributed by atoms with Crippen LogP contribution in [0.3, 0.4) is 0 Å². The molecule has 3 nitrogen and oxygen atoms in total. The van der Waals surface area contributed by atoms with E-state index in [4.69, 9.17) is 8.39 Å². The Balaban J connectivity index is 1.93. The average Bonchev–Trinajstić information content (AvgIpc) is 2.82. The van der Waals surface area contributed by atoms with Gasteiger partial charge in [0.05, 0.1) is 0 Å². The molecule has 0 fully saturated rings. The minimum absolute atomic E-state index is 0.0706. The SMILES string of the molecule is CC(C)(C)Np1oc2ccc3c(c2c2c4c(ccc2o1)CCCC4)CCCC3. The van der Waals surface area contributed by atoms with Gasteiger partial charge in [0.1, 0.15) is 11.2 Å². The van der Waals surface area contributed by atoms with Crippen LogP contribution in [0, 0.1) is 0 Å².